The van der Waals surface area contributed by atoms with Crippen molar-refractivity contribution in [3.63, 3.8) is 0 Å². The minimum atomic E-state index is -0.496. The van der Waals surface area contributed by atoms with E-state index in [1.807, 2.05) is 0 Å². The van der Waals surface area contributed by atoms with Crippen LogP contribution >= 0.6 is 15.9 Å². The molecular weight excluding hydrogens is 250 g/mol. The molecule has 0 saturated heterocycles. The van der Waals surface area contributed by atoms with Crippen LogP contribution in [0.5, 0.6) is 5.75 Å². The average molecular weight is 258 g/mol. The van der Waals surface area contributed by atoms with Gasteiger partial charge in [0, 0.05) is 22.0 Å². The van der Waals surface area contributed by atoms with Crippen molar-refractivity contribution in [1.82, 2.24) is 0 Å². The predicted octanol–water partition coefficient (Wildman–Crippen LogP) is 2.67. The molecule has 1 rings (SSSR count). The molecule has 0 spiro atoms. The molecule has 0 bridgehead atoms. The molecule has 0 heterocycles. The van der Waals surface area contributed by atoms with Gasteiger partial charge in [0.1, 0.15) is 5.75 Å². The lowest BCUT2D eigenvalue weighted by atomic mass is 10.2. The largest absolute Gasteiger partial charge is 0.497 e. The van der Waals surface area contributed by atoms with E-state index in [1.165, 1.54) is 6.08 Å². The van der Waals surface area contributed by atoms with Gasteiger partial charge in [-0.25, -0.2) is 0 Å². The lowest BCUT2D eigenvalue weighted by Gasteiger charge is -1.98. The maximum absolute atomic E-state index is 10.3. The first-order valence-corrected chi connectivity index (χ1v) is 4.58. The molecule has 0 amide bonds. The summed E-state index contributed by atoms with van der Waals surface area (Å²) in [6.45, 7) is 0. The third-order valence-corrected chi connectivity index (χ3v) is 2.09. The highest BCUT2D eigenvalue weighted by atomic mass is 79.9. The van der Waals surface area contributed by atoms with Gasteiger partial charge in [-0.1, -0.05) is 12.1 Å². The molecule has 0 unspecified atom stereocenters. The minimum absolute atomic E-state index is 0.0670. The van der Waals surface area contributed by atoms with Crippen molar-refractivity contribution in [3.05, 3.63) is 44.5 Å². The van der Waals surface area contributed by atoms with Gasteiger partial charge in [-0.15, -0.1) is 0 Å². The van der Waals surface area contributed by atoms with Crippen LogP contribution in [0, 0.1) is 10.1 Å². The fourth-order valence-corrected chi connectivity index (χ4v) is 1.15. The maximum atomic E-state index is 10.3. The summed E-state index contributed by atoms with van der Waals surface area (Å²) in [7, 11) is 1.57. The van der Waals surface area contributed by atoms with Gasteiger partial charge in [0.2, 0.25) is 0 Å². The summed E-state index contributed by atoms with van der Waals surface area (Å²) < 4.78 is 4.89. The van der Waals surface area contributed by atoms with Crippen molar-refractivity contribution in [2.45, 2.75) is 0 Å². The standard InChI is InChI=1S/C9H8BrNO3/c1-14-8-4-2-7(3-5-8)6-9(10)11(12)13/h2-6H,1H3/b9-6+. The van der Waals surface area contributed by atoms with E-state index in [1.54, 1.807) is 31.4 Å². The van der Waals surface area contributed by atoms with E-state index in [9.17, 15) is 10.1 Å². The summed E-state index contributed by atoms with van der Waals surface area (Å²) in [5.74, 6) is 0.722. The van der Waals surface area contributed by atoms with Crippen LogP contribution in [0.2, 0.25) is 0 Å². The quantitative estimate of drug-likeness (QED) is 0.475. The summed E-state index contributed by atoms with van der Waals surface area (Å²) in [5, 5.41) is 10.3. The summed E-state index contributed by atoms with van der Waals surface area (Å²) in [6.07, 6.45) is 1.43. The second kappa shape index (κ2) is 4.76. The average Bonchev–Trinajstić information content (AvgIpc) is 2.19. The maximum Gasteiger partial charge on any atom is 0.311 e. The molecule has 1 aromatic rings. The van der Waals surface area contributed by atoms with Crippen molar-refractivity contribution in [2.75, 3.05) is 7.11 Å². The van der Waals surface area contributed by atoms with Crippen molar-refractivity contribution in [3.8, 4) is 5.75 Å². The van der Waals surface area contributed by atoms with Gasteiger partial charge in [-0.05, 0) is 17.7 Å². The lowest BCUT2D eigenvalue weighted by molar-refractivity contribution is -0.407. The first kappa shape index (κ1) is 10.7. The second-order valence-corrected chi connectivity index (χ2v) is 3.31. The number of hydrogen-bond acceptors (Lipinski definition) is 3. The second-order valence-electron chi connectivity index (χ2n) is 2.50. The zero-order valence-corrected chi connectivity index (χ0v) is 9.02. The zero-order chi connectivity index (χ0) is 10.6. The predicted molar refractivity (Wildman–Crippen MR) is 56.9 cm³/mol. The molecular formula is C9H8BrNO3. The van der Waals surface area contributed by atoms with Crippen LogP contribution in [0.15, 0.2) is 28.9 Å². The zero-order valence-electron chi connectivity index (χ0n) is 7.44. The van der Waals surface area contributed by atoms with Crippen molar-refractivity contribution in [2.24, 2.45) is 0 Å². The molecule has 0 saturated carbocycles. The summed E-state index contributed by atoms with van der Waals surface area (Å²) in [5.41, 5.74) is 0.745. The first-order chi connectivity index (χ1) is 6.63. The van der Waals surface area contributed by atoms with Gasteiger partial charge in [0.05, 0.1) is 12.0 Å². The van der Waals surface area contributed by atoms with Crippen molar-refractivity contribution < 1.29 is 9.66 Å². The number of benzene rings is 1. The number of halogens is 1. The molecule has 5 heteroatoms. The number of nitro groups is 1. The van der Waals surface area contributed by atoms with E-state index in [2.05, 4.69) is 15.9 Å². The fraction of sp³-hybridized carbons (Fsp3) is 0.111. The molecule has 4 nitrogen and oxygen atoms in total. The third-order valence-electron chi connectivity index (χ3n) is 1.58. The molecule has 0 aliphatic heterocycles. The van der Waals surface area contributed by atoms with Crippen LogP contribution in [0.3, 0.4) is 0 Å². The Morgan fingerprint density at radius 3 is 2.50 bits per heavy atom. The molecule has 1 aromatic carbocycles. The monoisotopic (exact) mass is 257 g/mol. The number of nitrogens with zero attached hydrogens (tertiary/aromatic N) is 1. The minimum Gasteiger partial charge on any atom is -0.497 e. The molecule has 14 heavy (non-hydrogen) atoms. The van der Waals surface area contributed by atoms with Gasteiger partial charge >= 0.3 is 4.61 Å². The Morgan fingerprint density at radius 2 is 2.07 bits per heavy atom. The molecule has 0 aliphatic carbocycles. The molecule has 0 aromatic heterocycles. The van der Waals surface area contributed by atoms with Crippen LogP contribution in [0.1, 0.15) is 5.56 Å². The van der Waals surface area contributed by atoms with Crippen LogP contribution in [0.4, 0.5) is 0 Å². The highest BCUT2D eigenvalue weighted by Crippen LogP contribution is 2.16. The number of methoxy groups -OCH3 is 1. The van der Waals surface area contributed by atoms with Crippen LogP contribution in [-0.2, 0) is 0 Å². The molecule has 0 radical (unpaired) electrons. The van der Waals surface area contributed by atoms with Crippen molar-refractivity contribution >= 4 is 22.0 Å². The SMILES string of the molecule is COc1ccc(/C=C(\Br)[N+](=O)[O-])cc1. The highest BCUT2D eigenvalue weighted by Gasteiger charge is 2.03. The van der Waals surface area contributed by atoms with Crippen LogP contribution in [-0.4, -0.2) is 12.0 Å². The van der Waals surface area contributed by atoms with Gasteiger partial charge in [0.25, 0.3) is 0 Å². The van der Waals surface area contributed by atoms with E-state index < -0.39 is 4.92 Å². The van der Waals surface area contributed by atoms with E-state index in [0.29, 0.717) is 0 Å². The fourth-order valence-electron chi connectivity index (χ4n) is 0.890. The Hall–Kier alpha value is -1.36. The topological polar surface area (TPSA) is 52.4 Å². The molecule has 74 valence electrons. The summed E-state index contributed by atoms with van der Waals surface area (Å²) >= 11 is 2.85. The first-order valence-electron chi connectivity index (χ1n) is 3.79. The Morgan fingerprint density at radius 1 is 1.50 bits per heavy atom. The van der Waals surface area contributed by atoms with Gasteiger partial charge in [-0.3, -0.25) is 10.1 Å². The van der Waals surface area contributed by atoms with Gasteiger partial charge < -0.3 is 4.74 Å². The van der Waals surface area contributed by atoms with E-state index in [0.717, 1.165) is 11.3 Å². The van der Waals surface area contributed by atoms with E-state index in [-0.39, 0.29) is 4.61 Å². The summed E-state index contributed by atoms with van der Waals surface area (Å²) in [4.78, 5) is 9.80. The Labute approximate surface area is 89.5 Å². The number of rotatable bonds is 3. The Kier molecular flexibility index (Phi) is 3.64. The highest BCUT2D eigenvalue weighted by molar-refractivity contribution is 9.11. The molecule has 0 N–H and O–H groups in total. The molecule has 0 aliphatic rings. The normalized spacial score (nSPS) is 11.1. The molecule has 0 fully saturated rings. The number of ether oxygens (including phenoxy) is 1. The smallest absolute Gasteiger partial charge is 0.311 e. The Balaban J connectivity index is 2.88. The van der Waals surface area contributed by atoms with Crippen LogP contribution < -0.4 is 4.74 Å². The van der Waals surface area contributed by atoms with E-state index in [4.69, 9.17) is 4.74 Å². The van der Waals surface area contributed by atoms with Gasteiger partial charge in [0.15, 0.2) is 0 Å². The van der Waals surface area contributed by atoms with Crippen LogP contribution in [0.25, 0.3) is 6.08 Å². The Bertz CT molecular complexity index is 359. The lowest BCUT2D eigenvalue weighted by Crippen LogP contribution is -1.90. The third kappa shape index (κ3) is 2.85. The van der Waals surface area contributed by atoms with Gasteiger partial charge in [-0.2, -0.15) is 0 Å². The van der Waals surface area contributed by atoms with E-state index >= 15 is 0 Å². The molecule has 0 atom stereocenters. The number of hydrogen-bond donors (Lipinski definition) is 0. The summed E-state index contributed by atoms with van der Waals surface area (Å²) in [6, 6.07) is 6.96. The van der Waals surface area contributed by atoms with Crippen molar-refractivity contribution in [1.29, 1.82) is 0 Å².